The number of rotatable bonds is 3. The van der Waals surface area contributed by atoms with Crippen LogP contribution in [0.5, 0.6) is 0 Å². The van der Waals surface area contributed by atoms with E-state index in [0.29, 0.717) is 28.5 Å². The van der Waals surface area contributed by atoms with Gasteiger partial charge in [-0.3, -0.25) is 9.89 Å². The number of nitrogens with zero attached hydrogens (tertiary/aromatic N) is 3. The molecule has 0 unspecified atom stereocenters. The first kappa shape index (κ1) is 13.3. The van der Waals surface area contributed by atoms with Crippen molar-refractivity contribution in [2.24, 2.45) is 0 Å². The number of aryl methyl sites for hydroxylation is 1. The van der Waals surface area contributed by atoms with Crippen LogP contribution in [0.4, 0.5) is 10.1 Å². The number of hydrogen-bond acceptors (Lipinski definition) is 4. The fourth-order valence-corrected chi connectivity index (χ4v) is 2.01. The Labute approximate surface area is 119 Å². The van der Waals surface area contributed by atoms with Gasteiger partial charge in [0, 0.05) is 11.3 Å². The van der Waals surface area contributed by atoms with Crippen molar-refractivity contribution in [1.82, 2.24) is 19.6 Å². The van der Waals surface area contributed by atoms with E-state index in [1.54, 1.807) is 32.0 Å². The number of anilines is 1. The molecule has 21 heavy (non-hydrogen) atoms. The van der Waals surface area contributed by atoms with Gasteiger partial charge in [0.15, 0.2) is 0 Å². The summed E-state index contributed by atoms with van der Waals surface area (Å²) < 4.78 is 14.8. The summed E-state index contributed by atoms with van der Waals surface area (Å²) in [5, 5.41) is 5.79. The molecule has 6 nitrogen and oxygen atoms in total. The lowest BCUT2D eigenvalue weighted by Gasteiger charge is -2.04. The summed E-state index contributed by atoms with van der Waals surface area (Å²) in [6.07, 6.45) is 0. The lowest BCUT2D eigenvalue weighted by Crippen LogP contribution is -2.19. The molecule has 0 aliphatic heterocycles. The van der Waals surface area contributed by atoms with Gasteiger partial charge >= 0.3 is 0 Å². The highest BCUT2D eigenvalue weighted by Crippen LogP contribution is 2.13. The number of H-pyrrole nitrogens is 1. The Bertz CT molecular complexity index is 867. The van der Waals surface area contributed by atoms with Crippen molar-refractivity contribution < 1.29 is 4.39 Å². The fourth-order valence-electron chi connectivity index (χ4n) is 2.01. The molecule has 108 valence electrons. The maximum absolute atomic E-state index is 13.5. The molecule has 2 heterocycles. The topological polar surface area (TPSA) is 75.1 Å². The molecular weight excluding hydrogens is 273 g/mol. The summed E-state index contributed by atoms with van der Waals surface area (Å²) in [5.74, 6) is 0.483. The van der Waals surface area contributed by atoms with Crippen LogP contribution in [0.3, 0.4) is 0 Å². The van der Waals surface area contributed by atoms with Gasteiger partial charge in [0.1, 0.15) is 11.6 Å². The van der Waals surface area contributed by atoms with Crippen LogP contribution >= 0.6 is 0 Å². The number of para-hydroxylation sites is 1. The molecule has 2 N–H and O–H groups in total. The Morgan fingerprint density at radius 2 is 2.05 bits per heavy atom. The minimum atomic E-state index is -0.337. The highest BCUT2D eigenvalue weighted by Gasteiger charge is 2.10. The molecule has 0 bridgehead atoms. The molecule has 0 spiro atoms. The molecule has 0 aliphatic carbocycles. The Hall–Kier alpha value is -2.70. The zero-order valence-electron chi connectivity index (χ0n) is 11.6. The van der Waals surface area contributed by atoms with Gasteiger partial charge in [-0.25, -0.2) is 9.37 Å². The third-order valence-electron chi connectivity index (χ3n) is 3.33. The molecule has 3 aromatic rings. The van der Waals surface area contributed by atoms with Gasteiger partial charge in [-0.05, 0) is 26.0 Å². The van der Waals surface area contributed by atoms with Crippen LogP contribution in [0.15, 0.2) is 29.1 Å². The summed E-state index contributed by atoms with van der Waals surface area (Å²) in [6, 6.07) is 6.37. The second-order valence-electron chi connectivity index (χ2n) is 4.77. The number of halogens is 1. The van der Waals surface area contributed by atoms with Gasteiger partial charge in [-0.1, -0.05) is 12.1 Å². The molecule has 3 rings (SSSR count). The predicted molar refractivity (Wildman–Crippen MR) is 76.8 cm³/mol. The SMILES string of the molecule is Cc1nc2nc(CNc3ccccc3F)[nH]n2c(=O)c1C. The summed E-state index contributed by atoms with van der Waals surface area (Å²) in [4.78, 5) is 20.5. The van der Waals surface area contributed by atoms with Gasteiger partial charge in [0.05, 0.1) is 12.2 Å². The summed E-state index contributed by atoms with van der Waals surface area (Å²) in [5.41, 5.74) is 1.43. The van der Waals surface area contributed by atoms with E-state index in [1.807, 2.05) is 0 Å². The fraction of sp³-hybridized carbons (Fsp3) is 0.214. The second kappa shape index (κ2) is 5.01. The number of hydrogen-bond donors (Lipinski definition) is 2. The van der Waals surface area contributed by atoms with Gasteiger partial charge in [0.25, 0.3) is 11.3 Å². The Kier molecular flexibility index (Phi) is 3.17. The number of aromatic nitrogens is 4. The van der Waals surface area contributed by atoms with Crippen LogP contribution in [0.2, 0.25) is 0 Å². The number of nitrogens with one attached hydrogen (secondary N) is 2. The third-order valence-corrected chi connectivity index (χ3v) is 3.33. The Balaban J connectivity index is 1.91. The Morgan fingerprint density at radius 3 is 2.81 bits per heavy atom. The molecular formula is C14H14FN5O. The molecule has 0 saturated carbocycles. The first-order chi connectivity index (χ1) is 10.1. The lowest BCUT2D eigenvalue weighted by atomic mass is 10.3. The first-order valence-corrected chi connectivity index (χ1v) is 6.49. The van der Waals surface area contributed by atoms with E-state index in [0.717, 1.165) is 0 Å². The van der Waals surface area contributed by atoms with Gasteiger partial charge in [-0.2, -0.15) is 9.50 Å². The van der Waals surface area contributed by atoms with Crippen molar-refractivity contribution in [3.63, 3.8) is 0 Å². The second-order valence-corrected chi connectivity index (χ2v) is 4.77. The zero-order chi connectivity index (χ0) is 15.0. The van der Waals surface area contributed by atoms with Crippen LogP contribution in [0, 0.1) is 19.7 Å². The smallest absolute Gasteiger partial charge is 0.277 e. The molecule has 2 aromatic heterocycles. The van der Waals surface area contributed by atoms with E-state index >= 15 is 0 Å². The van der Waals surface area contributed by atoms with Crippen molar-refractivity contribution in [3.05, 3.63) is 57.5 Å². The largest absolute Gasteiger partial charge is 0.375 e. The molecule has 0 atom stereocenters. The number of benzene rings is 1. The molecule has 0 radical (unpaired) electrons. The standard InChI is InChI=1S/C14H14FN5O/c1-8-9(2)17-14-18-12(19-20(14)13(8)21)7-16-11-6-4-3-5-10(11)15/h3-6,16H,7H2,1-2H3,(H,17,18,19). The van der Waals surface area contributed by atoms with Crippen molar-refractivity contribution in [2.75, 3.05) is 5.32 Å². The normalized spacial score (nSPS) is 11.0. The van der Waals surface area contributed by atoms with Gasteiger partial charge in [-0.15, -0.1) is 0 Å². The maximum atomic E-state index is 13.5. The highest BCUT2D eigenvalue weighted by molar-refractivity contribution is 5.44. The average Bonchev–Trinajstić information content (AvgIpc) is 2.87. The van der Waals surface area contributed by atoms with E-state index in [4.69, 9.17) is 0 Å². The first-order valence-electron chi connectivity index (χ1n) is 6.49. The highest BCUT2D eigenvalue weighted by atomic mass is 19.1. The number of aromatic amines is 1. The van der Waals surface area contributed by atoms with Gasteiger partial charge in [0.2, 0.25) is 0 Å². The summed E-state index contributed by atoms with van der Waals surface area (Å²) in [7, 11) is 0. The van der Waals surface area contributed by atoms with E-state index < -0.39 is 0 Å². The van der Waals surface area contributed by atoms with Crippen molar-refractivity contribution >= 4 is 11.5 Å². The summed E-state index contributed by atoms with van der Waals surface area (Å²) in [6.45, 7) is 3.75. The van der Waals surface area contributed by atoms with E-state index in [9.17, 15) is 9.18 Å². The van der Waals surface area contributed by atoms with Crippen LogP contribution in [0.25, 0.3) is 5.78 Å². The van der Waals surface area contributed by atoms with Crippen LogP contribution in [-0.4, -0.2) is 19.6 Å². The molecule has 0 amide bonds. The van der Waals surface area contributed by atoms with Crippen molar-refractivity contribution in [2.45, 2.75) is 20.4 Å². The minimum Gasteiger partial charge on any atom is -0.375 e. The predicted octanol–water partition coefficient (Wildman–Crippen LogP) is 1.79. The third kappa shape index (κ3) is 2.37. The molecule has 0 fully saturated rings. The summed E-state index contributed by atoms with van der Waals surface area (Å²) >= 11 is 0. The zero-order valence-corrected chi connectivity index (χ0v) is 11.6. The molecule has 7 heteroatoms. The molecule has 1 aromatic carbocycles. The minimum absolute atomic E-state index is 0.179. The van der Waals surface area contributed by atoms with Gasteiger partial charge < -0.3 is 5.32 Å². The lowest BCUT2D eigenvalue weighted by molar-refractivity contribution is 0.629. The van der Waals surface area contributed by atoms with Crippen molar-refractivity contribution in [1.29, 1.82) is 0 Å². The maximum Gasteiger partial charge on any atom is 0.277 e. The van der Waals surface area contributed by atoms with Crippen LogP contribution in [-0.2, 0) is 6.54 Å². The Morgan fingerprint density at radius 1 is 1.29 bits per heavy atom. The van der Waals surface area contributed by atoms with E-state index in [1.165, 1.54) is 10.6 Å². The van der Waals surface area contributed by atoms with E-state index in [2.05, 4.69) is 20.4 Å². The van der Waals surface area contributed by atoms with E-state index in [-0.39, 0.29) is 17.9 Å². The number of fused-ring (bicyclic) bond motifs is 1. The van der Waals surface area contributed by atoms with Crippen LogP contribution in [0.1, 0.15) is 17.1 Å². The quantitative estimate of drug-likeness (QED) is 0.770. The average molecular weight is 287 g/mol. The van der Waals surface area contributed by atoms with Crippen molar-refractivity contribution in [3.8, 4) is 0 Å². The molecule has 0 saturated heterocycles. The monoisotopic (exact) mass is 287 g/mol. The van der Waals surface area contributed by atoms with Crippen LogP contribution < -0.4 is 10.9 Å². The molecule has 0 aliphatic rings.